The molecule has 1 aromatic heterocycles. The summed E-state index contributed by atoms with van der Waals surface area (Å²) < 4.78 is 17.8. The van der Waals surface area contributed by atoms with Crippen molar-refractivity contribution in [1.29, 1.82) is 0 Å². The quantitative estimate of drug-likeness (QED) is 0.893. The second-order valence-electron chi connectivity index (χ2n) is 3.61. The molecule has 0 saturated heterocycles. The summed E-state index contributed by atoms with van der Waals surface area (Å²) in [7, 11) is 0. The molecule has 2 rings (SSSR count). The predicted octanol–water partition coefficient (Wildman–Crippen LogP) is 3.31. The molecule has 16 heavy (non-hydrogen) atoms. The molecule has 0 aliphatic carbocycles. The molecule has 1 heterocycles. The van der Waals surface area contributed by atoms with Gasteiger partial charge in [0.25, 0.3) is 0 Å². The van der Waals surface area contributed by atoms with Crippen molar-refractivity contribution in [2.24, 2.45) is 5.73 Å². The first kappa shape index (κ1) is 11.2. The second-order valence-corrected chi connectivity index (χ2v) is 4.02. The lowest BCUT2D eigenvalue weighted by atomic mass is 10.0. The highest BCUT2D eigenvalue weighted by Gasteiger charge is 2.12. The van der Waals surface area contributed by atoms with Crippen LogP contribution in [0.15, 0.2) is 41.2 Å². The average Bonchev–Trinajstić information content (AvgIpc) is 2.70. The summed E-state index contributed by atoms with van der Waals surface area (Å²) in [4.78, 5) is 0. The van der Waals surface area contributed by atoms with Crippen molar-refractivity contribution < 1.29 is 8.81 Å². The fourth-order valence-corrected chi connectivity index (χ4v) is 1.88. The highest BCUT2D eigenvalue weighted by Crippen LogP contribution is 2.24. The van der Waals surface area contributed by atoms with E-state index >= 15 is 0 Å². The van der Waals surface area contributed by atoms with Gasteiger partial charge in [0.1, 0.15) is 5.82 Å². The largest absolute Gasteiger partial charge is 0.472 e. The van der Waals surface area contributed by atoms with Gasteiger partial charge in [-0.05, 0) is 35.7 Å². The molecule has 84 valence electrons. The van der Waals surface area contributed by atoms with E-state index in [1.54, 1.807) is 18.6 Å². The van der Waals surface area contributed by atoms with Crippen LogP contribution in [-0.4, -0.2) is 0 Å². The Bertz CT molecular complexity index is 470. The van der Waals surface area contributed by atoms with Crippen LogP contribution in [0.3, 0.4) is 0 Å². The van der Waals surface area contributed by atoms with Gasteiger partial charge in [-0.1, -0.05) is 17.7 Å². The van der Waals surface area contributed by atoms with Crippen molar-refractivity contribution in [3.63, 3.8) is 0 Å². The lowest BCUT2D eigenvalue weighted by molar-refractivity contribution is 0.561. The smallest absolute Gasteiger partial charge is 0.124 e. The molecule has 0 aliphatic rings. The zero-order valence-electron chi connectivity index (χ0n) is 8.49. The number of hydrogen-bond acceptors (Lipinski definition) is 2. The van der Waals surface area contributed by atoms with E-state index in [0.29, 0.717) is 11.4 Å². The highest BCUT2D eigenvalue weighted by atomic mass is 35.5. The third-order valence-corrected chi connectivity index (χ3v) is 2.73. The highest BCUT2D eigenvalue weighted by molar-refractivity contribution is 6.31. The van der Waals surface area contributed by atoms with Crippen LogP contribution >= 0.6 is 11.6 Å². The molecule has 2 N–H and O–H groups in total. The normalized spacial score (nSPS) is 12.7. The molecule has 0 bridgehead atoms. The number of nitrogens with two attached hydrogens (primary N) is 1. The summed E-state index contributed by atoms with van der Waals surface area (Å²) in [6, 6.07) is 5.83. The van der Waals surface area contributed by atoms with Gasteiger partial charge in [0.2, 0.25) is 0 Å². The summed E-state index contributed by atoms with van der Waals surface area (Å²) in [6.07, 6.45) is 3.84. The van der Waals surface area contributed by atoms with Crippen LogP contribution in [0.25, 0.3) is 0 Å². The van der Waals surface area contributed by atoms with E-state index in [1.807, 2.05) is 6.07 Å². The van der Waals surface area contributed by atoms with E-state index in [0.717, 1.165) is 11.1 Å². The molecule has 2 aromatic rings. The molecule has 2 nitrogen and oxygen atoms in total. The molecule has 0 amide bonds. The third kappa shape index (κ3) is 2.43. The minimum atomic E-state index is -0.357. The van der Waals surface area contributed by atoms with Gasteiger partial charge in [0.05, 0.1) is 12.5 Å². The van der Waals surface area contributed by atoms with Gasteiger partial charge in [-0.3, -0.25) is 0 Å². The van der Waals surface area contributed by atoms with E-state index in [1.165, 1.54) is 12.1 Å². The monoisotopic (exact) mass is 239 g/mol. The Hall–Kier alpha value is -1.32. The minimum absolute atomic E-state index is 0.259. The molecular formula is C12H11ClFNO. The number of rotatable bonds is 3. The molecular weight excluding hydrogens is 229 g/mol. The van der Waals surface area contributed by atoms with E-state index in [2.05, 4.69) is 0 Å². The molecule has 4 heteroatoms. The molecule has 1 atom stereocenters. The maximum Gasteiger partial charge on any atom is 0.124 e. The first-order valence-corrected chi connectivity index (χ1v) is 5.26. The topological polar surface area (TPSA) is 39.2 Å². The lowest BCUT2D eigenvalue weighted by Gasteiger charge is -2.12. The fourth-order valence-electron chi connectivity index (χ4n) is 1.57. The van der Waals surface area contributed by atoms with Crippen LogP contribution < -0.4 is 5.73 Å². The second kappa shape index (κ2) is 4.68. The maximum absolute atomic E-state index is 12.8. The SMILES string of the molecule is NC(Cc1ccoc1)c1ccc(F)cc1Cl. The molecule has 0 saturated carbocycles. The zero-order chi connectivity index (χ0) is 11.5. The Morgan fingerprint density at radius 1 is 1.38 bits per heavy atom. The number of halogens is 2. The van der Waals surface area contributed by atoms with Crippen LogP contribution in [-0.2, 0) is 6.42 Å². The molecule has 0 fully saturated rings. The summed E-state index contributed by atoms with van der Waals surface area (Å²) in [6.45, 7) is 0. The van der Waals surface area contributed by atoms with E-state index in [-0.39, 0.29) is 11.9 Å². The third-order valence-electron chi connectivity index (χ3n) is 2.40. The van der Waals surface area contributed by atoms with Crippen LogP contribution in [0.4, 0.5) is 4.39 Å². The Labute approximate surface area is 97.8 Å². The predicted molar refractivity (Wildman–Crippen MR) is 60.8 cm³/mol. The van der Waals surface area contributed by atoms with E-state index in [9.17, 15) is 4.39 Å². The molecule has 0 radical (unpaired) electrons. The van der Waals surface area contributed by atoms with Crippen molar-refractivity contribution in [2.75, 3.05) is 0 Å². The van der Waals surface area contributed by atoms with Crippen molar-refractivity contribution in [2.45, 2.75) is 12.5 Å². The van der Waals surface area contributed by atoms with Gasteiger partial charge >= 0.3 is 0 Å². The Balaban J connectivity index is 2.17. The summed E-state index contributed by atoms with van der Waals surface area (Å²) in [5.74, 6) is -0.357. The van der Waals surface area contributed by atoms with Crippen LogP contribution in [0.1, 0.15) is 17.2 Å². The minimum Gasteiger partial charge on any atom is -0.472 e. The molecule has 0 aliphatic heterocycles. The van der Waals surface area contributed by atoms with E-state index < -0.39 is 0 Å². The Kier molecular flexibility index (Phi) is 3.27. The van der Waals surface area contributed by atoms with Gasteiger partial charge in [-0.25, -0.2) is 4.39 Å². The van der Waals surface area contributed by atoms with Gasteiger partial charge < -0.3 is 10.2 Å². The van der Waals surface area contributed by atoms with Gasteiger partial charge in [-0.2, -0.15) is 0 Å². The first-order chi connectivity index (χ1) is 7.66. The number of furan rings is 1. The fraction of sp³-hybridized carbons (Fsp3) is 0.167. The molecule has 0 spiro atoms. The number of hydrogen-bond donors (Lipinski definition) is 1. The number of benzene rings is 1. The summed E-state index contributed by atoms with van der Waals surface area (Å²) >= 11 is 5.92. The molecule has 1 aromatic carbocycles. The van der Waals surface area contributed by atoms with Gasteiger partial charge in [-0.15, -0.1) is 0 Å². The van der Waals surface area contributed by atoms with Crippen molar-refractivity contribution in [1.82, 2.24) is 0 Å². The lowest BCUT2D eigenvalue weighted by Crippen LogP contribution is -2.13. The van der Waals surface area contributed by atoms with Crippen LogP contribution in [0.5, 0.6) is 0 Å². The summed E-state index contributed by atoms with van der Waals surface area (Å²) in [5, 5.41) is 0.357. The Morgan fingerprint density at radius 3 is 2.81 bits per heavy atom. The van der Waals surface area contributed by atoms with Crippen molar-refractivity contribution >= 4 is 11.6 Å². The Morgan fingerprint density at radius 2 is 2.19 bits per heavy atom. The standard InChI is InChI=1S/C12H11ClFNO/c13-11-6-9(14)1-2-10(11)12(15)5-8-3-4-16-7-8/h1-4,6-7,12H,5,15H2. The summed E-state index contributed by atoms with van der Waals surface area (Å²) in [5.41, 5.74) is 7.72. The van der Waals surface area contributed by atoms with E-state index in [4.69, 9.17) is 21.8 Å². The van der Waals surface area contributed by atoms with Gasteiger partial charge in [0.15, 0.2) is 0 Å². The van der Waals surface area contributed by atoms with Crippen LogP contribution in [0.2, 0.25) is 5.02 Å². The van der Waals surface area contributed by atoms with Gasteiger partial charge in [0, 0.05) is 11.1 Å². The van der Waals surface area contributed by atoms with Crippen molar-refractivity contribution in [3.8, 4) is 0 Å². The molecule has 1 unspecified atom stereocenters. The first-order valence-electron chi connectivity index (χ1n) is 4.88. The van der Waals surface area contributed by atoms with Crippen molar-refractivity contribution in [3.05, 3.63) is 58.8 Å². The van der Waals surface area contributed by atoms with Crippen LogP contribution in [0, 0.1) is 5.82 Å². The average molecular weight is 240 g/mol. The maximum atomic E-state index is 12.8. The zero-order valence-corrected chi connectivity index (χ0v) is 9.25.